The lowest BCUT2D eigenvalue weighted by Gasteiger charge is -2.11. The lowest BCUT2D eigenvalue weighted by molar-refractivity contribution is -0.122. The van der Waals surface area contributed by atoms with Crippen LogP contribution in [0.4, 0.5) is 0 Å². The molecule has 0 bridgehead atoms. The van der Waals surface area contributed by atoms with Crippen LogP contribution in [0.3, 0.4) is 0 Å². The van der Waals surface area contributed by atoms with Crippen molar-refractivity contribution < 1.29 is 9.59 Å². The molecule has 6 heteroatoms. The zero-order valence-electron chi connectivity index (χ0n) is 11.5. The molecule has 0 aliphatic heterocycles. The molecule has 2 aromatic rings. The van der Waals surface area contributed by atoms with Crippen molar-refractivity contribution in [2.24, 2.45) is 0 Å². The molecule has 2 amide bonds. The van der Waals surface area contributed by atoms with Gasteiger partial charge in [0.25, 0.3) is 5.91 Å². The fourth-order valence-electron chi connectivity index (χ4n) is 2.00. The lowest BCUT2D eigenvalue weighted by Crippen LogP contribution is -2.43. The second-order valence-corrected chi connectivity index (χ2v) is 5.50. The number of hydrogen-bond acceptors (Lipinski definition) is 2. The Hall–Kier alpha value is -1.82. The van der Waals surface area contributed by atoms with Gasteiger partial charge in [-0.05, 0) is 47.5 Å². The third-order valence-corrected chi connectivity index (χ3v) is 3.85. The summed E-state index contributed by atoms with van der Waals surface area (Å²) in [5.41, 5.74) is 2.39. The maximum absolute atomic E-state index is 12.1. The van der Waals surface area contributed by atoms with Gasteiger partial charge in [-0.25, -0.2) is 0 Å². The molecule has 20 heavy (non-hydrogen) atoms. The molecule has 2 rings (SSSR count). The second-order valence-electron chi connectivity index (χ2n) is 4.65. The number of aryl methyl sites for hydroxylation is 1. The predicted molar refractivity (Wildman–Crippen MR) is 81.7 cm³/mol. The number of halogens is 1. The molecule has 0 saturated heterocycles. The minimum atomic E-state index is -0.580. The summed E-state index contributed by atoms with van der Waals surface area (Å²) in [4.78, 5) is 26.6. The van der Waals surface area contributed by atoms with Crippen LogP contribution in [0, 0.1) is 6.92 Å². The third kappa shape index (κ3) is 2.70. The molecule has 0 saturated carbocycles. The summed E-state index contributed by atoms with van der Waals surface area (Å²) in [6.07, 6.45) is 0. The number of likely N-dealkylation sites (N-methyl/N-ethyl adjacent to an activating group) is 1. The first-order chi connectivity index (χ1) is 9.43. The van der Waals surface area contributed by atoms with Gasteiger partial charge in [-0.3, -0.25) is 9.59 Å². The average Bonchev–Trinajstić information content (AvgIpc) is 2.88. The van der Waals surface area contributed by atoms with E-state index in [1.807, 2.05) is 19.1 Å². The summed E-state index contributed by atoms with van der Waals surface area (Å²) in [7, 11) is 1.54. The molecular formula is C14H16BrN3O2. The first-order valence-corrected chi connectivity index (χ1v) is 7.03. The van der Waals surface area contributed by atoms with Crippen LogP contribution >= 0.6 is 15.9 Å². The van der Waals surface area contributed by atoms with Crippen LogP contribution in [0.25, 0.3) is 10.9 Å². The van der Waals surface area contributed by atoms with Crippen LogP contribution in [0.2, 0.25) is 0 Å². The Labute approximate surface area is 125 Å². The minimum absolute atomic E-state index is 0.230. The Bertz CT molecular complexity index is 639. The second kappa shape index (κ2) is 5.66. The van der Waals surface area contributed by atoms with Gasteiger partial charge in [0.15, 0.2) is 0 Å². The number of carbonyl (C=O) groups excluding carboxylic acids is 2. The Balaban J connectivity index is 2.30. The van der Waals surface area contributed by atoms with E-state index in [0.29, 0.717) is 5.69 Å². The quantitative estimate of drug-likeness (QED) is 0.802. The molecule has 0 radical (unpaired) electrons. The molecular weight excluding hydrogens is 322 g/mol. The van der Waals surface area contributed by atoms with Crippen LogP contribution in [-0.4, -0.2) is 29.9 Å². The van der Waals surface area contributed by atoms with Crippen molar-refractivity contribution in [2.75, 3.05) is 7.05 Å². The predicted octanol–water partition coefficient (Wildman–Crippen LogP) is 2.10. The van der Waals surface area contributed by atoms with E-state index >= 15 is 0 Å². The van der Waals surface area contributed by atoms with Crippen LogP contribution in [-0.2, 0) is 4.79 Å². The van der Waals surface area contributed by atoms with Crippen molar-refractivity contribution in [1.82, 2.24) is 15.6 Å². The van der Waals surface area contributed by atoms with Gasteiger partial charge in [0.2, 0.25) is 5.91 Å². The standard InChI is InChI=1S/C14H16BrN3O2/c1-7-4-5-10(15)12-9(7)6-11(18-12)14(20)17-8(2)13(19)16-3/h4-6,8,18H,1-3H3,(H,16,19)(H,17,20)/t8-/m0/s1. The fraction of sp³-hybridized carbons (Fsp3) is 0.286. The molecule has 1 heterocycles. The average molecular weight is 338 g/mol. The summed E-state index contributed by atoms with van der Waals surface area (Å²) in [6, 6.07) is 5.13. The maximum atomic E-state index is 12.1. The van der Waals surface area contributed by atoms with Gasteiger partial charge >= 0.3 is 0 Å². The number of benzene rings is 1. The number of H-pyrrole nitrogens is 1. The van der Waals surface area contributed by atoms with E-state index in [0.717, 1.165) is 20.9 Å². The topological polar surface area (TPSA) is 74.0 Å². The Morgan fingerprint density at radius 1 is 1.35 bits per heavy atom. The van der Waals surface area contributed by atoms with E-state index in [1.165, 1.54) is 7.05 Å². The van der Waals surface area contributed by atoms with E-state index in [4.69, 9.17) is 0 Å². The van der Waals surface area contributed by atoms with E-state index in [2.05, 4.69) is 31.5 Å². The number of rotatable bonds is 3. The molecule has 1 aromatic carbocycles. The van der Waals surface area contributed by atoms with Crippen LogP contribution in [0.15, 0.2) is 22.7 Å². The van der Waals surface area contributed by atoms with Crippen molar-refractivity contribution in [1.29, 1.82) is 0 Å². The summed E-state index contributed by atoms with van der Waals surface area (Å²) >= 11 is 3.45. The van der Waals surface area contributed by atoms with Crippen LogP contribution in [0.5, 0.6) is 0 Å². The molecule has 0 aliphatic rings. The van der Waals surface area contributed by atoms with Gasteiger partial charge in [-0.1, -0.05) is 6.07 Å². The fourth-order valence-corrected chi connectivity index (χ4v) is 2.45. The molecule has 5 nitrogen and oxygen atoms in total. The molecule has 0 fully saturated rings. The first kappa shape index (κ1) is 14.6. The highest BCUT2D eigenvalue weighted by atomic mass is 79.9. The first-order valence-electron chi connectivity index (χ1n) is 6.24. The van der Waals surface area contributed by atoms with Gasteiger partial charge in [0, 0.05) is 16.9 Å². The SMILES string of the molecule is CNC(=O)[C@H](C)NC(=O)c1cc2c(C)ccc(Br)c2[nH]1. The van der Waals surface area contributed by atoms with Gasteiger partial charge in [0.1, 0.15) is 11.7 Å². The van der Waals surface area contributed by atoms with E-state index in [-0.39, 0.29) is 11.8 Å². The minimum Gasteiger partial charge on any atom is -0.357 e. The molecule has 3 N–H and O–H groups in total. The van der Waals surface area contributed by atoms with Crippen molar-refractivity contribution >= 4 is 38.6 Å². The highest BCUT2D eigenvalue weighted by Crippen LogP contribution is 2.26. The Morgan fingerprint density at radius 3 is 2.65 bits per heavy atom. The zero-order valence-corrected chi connectivity index (χ0v) is 13.1. The largest absolute Gasteiger partial charge is 0.357 e. The van der Waals surface area contributed by atoms with E-state index in [9.17, 15) is 9.59 Å². The van der Waals surface area contributed by atoms with Crippen molar-refractivity contribution in [3.63, 3.8) is 0 Å². The molecule has 1 aromatic heterocycles. The van der Waals surface area contributed by atoms with Crippen LogP contribution in [0.1, 0.15) is 23.0 Å². The molecule has 0 unspecified atom stereocenters. The lowest BCUT2D eigenvalue weighted by atomic mass is 10.1. The smallest absolute Gasteiger partial charge is 0.268 e. The molecule has 1 atom stereocenters. The summed E-state index contributed by atoms with van der Waals surface area (Å²) in [6.45, 7) is 3.62. The van der Waals surface area contributed by atoms with Gasteiger partial charge in [-0.15, -0.1) is 0 Å². The van der Waals surface area contributed by atoms with Crippen LogP contribution < -0.4 is 10.6 Å². The van der Waals surface area contributed by atoms with E-state index < -0.39 is 6.04 Å². The van der Waals surface area contributed by atoms with Crippen molar-refractivity contribution in [3.8, 4) is 0 Å². The summed E-state index contributed by atoms with van der Waals surface area (Å²) in [5, 5.41) is 6.13. The number of amides is 2. The molecule has 0 aliphatic carbocycles. The van der Waals surface area contributed by atoms with Gasteiger partial charge in [-0.2, -0.15) is 0 Å². The third-order valence-electron chi connectivity index (χ3n) is 3.19. The van der Waals surface area contributed by atoms with Crippen molar-refractivity contribution in [3.05, 3.63) is 33.9 Å². The van der Waals surface area contributed by atoms with Gasteiger partial charge in [0.05, 0.1) is 5.52 Å². The zero-order chi connectivity index (χ0) is 14.9. The number of aromatic amines is 1. The number of nitrogens with one attached hydrogen (secondary N) is 3. The Kier molecular flexibility index (Phi) is 4.13. The van der Waals surface area contributed by atoms with Gasteiger partial charge < -0.3 is 15.6 Å². The monoisotopic (exact) mass is 337 g/mol. The summed E-state index contributed by atoms with van der Waals surface area (Å²) in [5.74, 6) is -0.532. The number of aromatic nitrogens is 1. The Morgan fingerprint density at radius 2 is 2.05 bits per heavy atom. The summed E-state index contributed by atoms with van der Waals surface area (Å²) < 4.78 is 0.900. The number of carbonyl (C=O) groups is 2. The molecule has 106 valence electrons. The normalized spacial score (nSPS) is 12.2. The highest BCUT2D eigenvalue weighted by molar-refractivity contribution is 9.10. The molecule has 0 spiro atoms. The maximum Gasteiger partial charge on any atom is 0.268 e. The van der Waals surface area contributed by atoms with E-state index in [1.54, 1.807) is 13.0 Å². The highest BCUT2D eigenvalue weighted by Gasteiger charge is 2.17. The number of hydrogen-bond donors (Lipinski definition) is 3. The van der Waals surface area contributed by atoms with Crippen molar-refractivity contribution in [2.45, 2.75) is 19.9 Å². The number of fused-ring (bicyclic) bond motifs is 1.